The van der Waals surface area contributed by atoms with Crippen molar-refractivity contribution >= 4 is 13.8 Å². The Kier molecular flexibility index (Phi) is 1.67. The van der Waals surface area contributed by atoms with Crippen LogP contribution in [0, 0.1) is 0 Å². The highest BCUT2D eigenvalue weighted by molar-refractivity contribution is 6.22. The second-order valence-corrected chi connectivity index (χ2v) is 0.864. The van der Waals surface area contributed by atoms with Crippen LogP contribution >= 0.6 is 0 Å². The third kappa shape index (κ3) is 1.78. The lowest BCUT2D eigenvalue weighted by Gasteiger charge is -1.90. The number of hydrogen-bond donors (Lipinski definition) is 2. The average Bonchev–Trinajstić information content (AvgIpc) is 1.36. The molecule has 3 N–H and O–H groups in total. The summed E-state index contributed by atoms with van der Waals surface area (Å²) in [7, 11) is 4.61. The van der Waals surface area contributed by atoms with Gasteiger partial charge >= 0.3 is 5.97 Å². The molecule has 4 heteroatoms. The fourth-order valence-electron chi connectivity index (χ4n) is 0. The van der Waals surface area contributed by atoms with Crippen LogP contribution in [-0.2, 0) is 4.79 Å². The molecular weight excluding hydrogens is 80.8 g/mol. The first-order chi connectivity index (χ1) is 2.64. The molecule has 0 saturated heterocycles. The zero-order valence-electron chi connectivity index (χ0n) is 3.09. The van der Waals surface area contributed by atoms with Gasteiger partial charge in [-0.15, -0.1) is 0 Å². The maximum Gasteiger partial charge on any atom is 0.310 e. The van der Waals surface area contributed by atoms with E-state index in [1.54, 1.807) is 0 Å². The summed E-state index contributed by atoms with van der Waals surface area (Å²) in [6.07, 6.45) is 0. The second-order valence-electron chi connectivity index (χ2n) is 0.864. The van der Waals surface area contributed by atoms with Crippen LogP contribution in [0.3, 0.4) is 0 Å². The molecule has 0 unspecified atom stereocenters. The molecule has 32 valence electrons. The number of carbonyl (C=O) groups is 1. The number of rotatable bonds is 1. The summed E-state index contributed by atoms with van der Waals surface area (Å²) in [6, 6.07) is 0. The van der Waals surface area contributed by atoms with Gasteiger partial charge in [-0.1, -0.05) is 0 Å². The summed E-state index contributed by atoms with van der Waals surface area (Å²) in [4.78, 5) is 9.45. The first-order valence-electron chi connectivity index (χ1n) is 1.38. The predicted octanol–water partition coefficient (Wildman–Crippen LogP) is -1.48. The van der Waals surface area contributed by atoms with Crippen LogP contribution in [0.1, 0.15) is 0 Å². The van der Waals surface area contributed by atoms with E-state index in [0.29, 0.717) is 0 Å². The van der Waals surface area contributed by atoms with Crippen molar-refractivity contribution in [2.24, 2.45) is 5.73 Å². The van der Waals surface area contributed by atoms with Gasteiger partial charge in [0.15, 0.2) is 0 Å². The van der Waals surface area contributed by atoms with Gasteiger partial charge in [0.2, 0.25) is 0 Å². The summed E-state index contributed by atoms with van der Waals surface area (Å²) < 4.78 is 0. The fraction of sp³-hybridized carbons (Fsp3) is 0.500. The highest BCUT2D eigenvalue weighted by Gasteiger charge is 1.99. The van der Waals surface area contributed by atoms with E-state index in [9.17, 15) is 4.79 Å². The summed E-state index contributed by atoms with van der Waals surface area (Å²) in [5, 5.41) is 7.74. The molecule has 2 radical (unpaired) electrons. The molecule has 0 aliphatic rings. The lowest BCUT2D eigenvalue weighted by Crippen LogP contribution is -2.29. The summed E-state index contributed by atoms with van der Waals surface area (Å²) >= 11 is 0. The van der Waals surface area contributed by atoms with Gasteiger partial charge in [0, 0.05) is 0 Å². The van der Waals surface area contributed by atoms with E-state index in [1.165, 1.54) is 0 Å². The maximum atomic E-state index is 9.45. The van der Waals surface area contributed by atoms with Crippen molar-refractivity contribution in [2.45, 2.75) is 5.94 Å². The molecule has 0 fully saturated rings. The first kappa shape index (κ1) is 5.49. The number of carboxylic acid groups (broad SMARTS) is 1. The standard InChI is InChI=1S/C2H4BNO2/c3-1(4)2(5)6/h1H,4H2,(H,5,6)/t1-/m1/s1. The summed E-state index contributed by atoms with van der Waals surface area (Å²) in [5.41, 5.74) is 4.61. The molecule has 0 aromatic heterocycles. The van der Waals surface area contributed by atoms with E-state index in [0.717, 1.165) is 0 Å². The van der Waals surface area contributed by atoms with E-state index in [2.05, 4.69) is 13.6 Å². The largest absolute Gasteiger partial charge is 0.481 e. The van der Waals surface area contributed by atoms with Crippen molar-refractivity contribution < 1.29 is 9.90 Å². The van der Waals surface area contributed by atoms with Gasteiger partial charge in [-0.25, -0.2) is 0 Å². The van der Waals surface area contributed by atoms with Gasteiger partial charge in [0.25, 0.3) is 0 Å². The molecule has 0 aromatic rings. The molecule has 0 aliphatic heterocycles. The summed E-state index contributed by atoms with van der Waals surface area (Å²) in [6.45, 7) is 0. The monoisotopic (exact) mass is 85.0 g/mol. The lowest BCUT2D eigenvalue weighted by molar-refractivity contribution is -0.136. The normalized spacial score (nSPS) is 13.5. The zero-order chi connectivity index (χ0) is 5.15. The average molecular weight is 84.9 g/mol. The van der Waals surface area contributed by atoms with Crippen molar-refractivity contribution in [3.05, 3.63) is 0 Å². The zero-order valence-corrected chi connectivity index (χ0v) is 3.09. The third-order valence-corrected chi connectivity index (χ3v) is 0.285. The van der Waals surface area contributed by atoms with Gasteiger partial charge in [-0.3, -0.25) is 4.79 Å². The van der Waals surface area contributed by atoms with Crippen LogP contribution in [0.5, 0.6) is 0 Å². The molecule has 0 saturated carbocycles. The van der Waals surface area contributed by atoms with E-state index >= 15 is 0 Å². The lowest BCUT2D eigenvalue weighted by atomic mass is 9.99. The number of carboxylic acids is 1. The molecule has 0 aromatic carbocycles. The Morgan fingerprint density at radius 1 is 2.00 bits per heavy atom. The molecule has 6 heavy (non-hydrogen) atoms. The maximum absolute atomic E-state index is 9.45. The molecule has 0 amide bonds. The molecule has 0 spiro atoms. The minimum Gasteiger partial charge on any atom is -0.481 e. The van der Waals surface area contributed by atoms with Gasteiger partial charge in [0.1, 0.15) is 7.85 Å². The molecule has 0 bridgehead atoms. The van der Waals surface area contributed by atoms with Crippen LogP contribution in [0.2, 0.25) is 0 Å². The number of nitrogens with two attached hydrogens (primary N) is 1. The molecular formula is C2H4BNO2. The van der Waals surface area contributed by atoms with Crippen molar-refractivity contribution in [1.29, 1.82) is 0 Å². The van der Waals surface area contributed by atoms with Crippen LogP contribution in [-0.4, -0.2) is 24.9 Å². The predicted molar refractivity (Wildman–Crippen MR) is 21.4 cm³/mol. The topological polar surface area (TPSA) is 63.3 Å². The highest BCUT2D eigenvalue weighted by atomic mass is 16.4. The Balaban J connectivity index is 3.26. The van der Waals surface area contributed by atoms with E-state index in [4.69, 9.17) is 5.11 Å². The van der Waals surface area contributed by atoms with E-state index in [-0.39, 0.29) is 0 Å². The molecule has 0 rings (SSSR count). The molecule has 0 heterocycles. The van der Waals surface area contributed by atoms with E-state index < -0.39 is 11.9 Å². The van der Waals surface area contributed by atoms with Crippen molar-refractivity contribution in [3.8, 4) is 0 Å². The van der Waals surface area contributed by atoms with Crippen LogP contribution in [0.25, 0.3) is 0 Å². The smallest absolute Gasteiger partial charge is 0.310 e. The third-order valence-electron chi connectivity index (χ3n) is 0.285. The van der Waals surface area contributed by atoms with Gasteiger partial charge in [-0.05, 0) is 0 Å². The van der Waals surface area contributed by atoms with Crippen LogP contribution in [0.4, 0.5) is 0 Å². The SMILES string of the molecule is [B][C@H](N)C(=O)O. The Labute approximate surface area is 36.6 Å². The van der Waals surface area contributed by atoms with Crippen molar-refractivity contribution in [1.82, 2.24) is 0 Å². The van der Waals surface area contributed by atoms with Crippen LogP contribution in [0.15, 0.2) is 0 Å². The Morgan fingerprint density at radius 3 is 2.17 bits per heavy atom. The molecule has 1 atom stereocenters. The van der Waals surface area contributed by atoms with Gasteiger partial charge in [0.05, 0.1) is 5.94 Å². The highest BCUT2D eigenvalue weighted by Crippen LogP contribution is 1.61. The Morgan fingerprint density at radius 2 is 2.17 bits per heavy atom. The minimum absolute atomic E-state index is 1.19. The van der Waals surface area contributed by atoms with Gasteiger partial charge in [-0.2, -0.15) is 0 Å². The summed E-state index contributed by atoms with van der Waals surface area (Å²) in [5.74, 6) is -2.42. The quantitative estimate of drug-likeness (QED) is 0.382. The Hall–Kier alpha value is -0.505. The molecule has 3 nitrogen and oxygen atoms in total. The minimum atomic E-state index is -1.23. The van der Waals surface area contributed by atoms with Gasteiger partial charge < -0.3 is 10.8 Å². The number of aliphatic carboxylic acids is 1. The van der Waals surface area contributed by atoms with Crippen molar-refractivity contribution in [3.63, 3.8) is 0 Å². The fourth-order valence-corrected chi connectivity index (χ4v) is 0. The second kappa shape index (κ2) is 1.82. The number of hydrogen-bond acceptors (Lipinski definition) is 2. The molecule has 0 aliphatic carbocycles. The van der Waals surface area contributed by atoms with Crippen molar-refractivity contribution in [2.75, 3.05) is 0 Å². The van der Waals surface area contributed by atoms with Crippen LogP contribution < -0.4 is 5.73 Å². The first-order valence-corrected chi connectivity index (χ1v) is 1.38. The Bertz CT molecular complexity index is 62.6. The van der Waals surface area contributed by atoms with E-state index in [1.807, 2.05) is 0 Å².